The monoisotopic (exact) mass is 374 g/mol. The molecule has 0 unspecified atom stereocenters. The lowest BCUT2D eigenvalue weighted by Crippen LogP contribution is -2.20. The summed E-state index contributed by atoms with van der Waals surface area (Å²) in [6.07, 6.45) is 0.789. The number of nitrogens with zero attached hydrogens (tertiary/aromatic N) is 3. The van der Waals surface area contributed by atoms with E-state index < -0.39 is 0 Å². The second-order valence-corrected chi connectivity index (χ2v) is 6.87. The number of carbonyl (C=O) groups excluding carboxylic acids is 1. The molecule has 9 heteroatoms. The number of aromatic nitrogens is 2. The third-order valence-corrected chi connectivity index (χ3v) is 4.17. The highest BCUT2D eigenvalue weighted by atomic mass is 35.5. The molecule has 2 rings (SSSR count). The van der Waals surface area contributed by atoms with Crippen LogP contribution in [0.25, 0.3) is 0 Å². The molecule has 0 spiro atoms. The maximum atomic E-state index is 11.9. The molecule has 1 amide bonds. The quantitative estimate of drug-likeness (QED) is 0.806. The molecular formula is C14H16Cl2N4O2S. The van der Waals surface area contributed by atoms with Crippen molar-refractivity contribution in [2.24, 2.45) is 0 Å². The van der Waals surface area contributed by atoms with Crippen molar-refractivity contribution in [2.75, 3.05) is 32.6 Å². The van der Waals surface area contributed by atoms with Gasteiger partial charge < -0.3 is 9.64 Å². The molecule has 1 N–H and O–H groups in total. The third-order valence-electron chi connectivity index (χ3n) is 2.74. The molecule has 0 saturated carbocycles. The fourth-order valence-electron chi connectivity index (χ4n) is 1.62. The molecule has 1 aromatic carbocycles. The van der Waals surface area contributed by atoms with Crippen LogP contribution in [-0.2, 0) is 11.2 Å². The number of benzene rings is 1. The summed E-state index contributed by atoms with van der Waals surface area (Å²) in [4.78, 5) is 13.9. The number of ether oxygens (including phenoxy) is 1. The number of likely N-dealkylation sites (N-methyl/N-ethyl adjacent to an activating group) is 1. The fraction of sp³-hybridized carbons (Fsp3) is 0.357. The van der Waals surface area contributed by atoms with Crippen LogP contribution in [0.2, 0.25) is 10.0 Å². The van der Waals surface area contributed by atoms with E-state index >= 15 is 0 Å². The zero-order valence-electron chi connectivity index (χ0n) is 12.7. The maximum absolute atomic E-state index is 11.9. The summed E-state index contributed by atoms with van der Waals surface area (Å²) in [6, 6.07) is 4.81. The zero-order chi connectivity index (χ0) is 16.8. The zero-order valence-corrected chi connectivity index (χ0v) is 15.0. The molecule has 0 saturated heterocycles. The largest absolute Gasteiger partial charge is 0.482 e. The number of anilines is 1. The van der Waals surface area contributed by atoms with Crippen LogP contribution in [-0.4, -0.2) is 48.3 Å². The van der Waals surface area contributed by atoms with Crippen LogP contribution in [0.3, 0.4) is 0 Å². The van der Waals surface area contributed by atoms with Gasteiger partial charge in [0.15, 0.2) is 6.61 Å². The van der Waals surface area contributed by atoms with E-state index in [2.05, 4.69) is 20.4 Å². The maximum Gasteiger partial charge on any atom is 0.264 e. The average molecular weight is 375 g/mol. The Balaban J connectivity index is 1.82. The molecule has 0 atom stereocenters. The van der Waals surface area contributed by atoms with Crippen molar-refractivity contribution in [3.05, 3.63) is 33.3 Å². The summed E-state index contributed by atoms with van der Waals surface area (Å²) in [5, 5.41) is 12.8. The number of nitrogens with one attached hydrogen (secondary N) is 1. The Kier molecular flexibility index (Phi) is 6.59. The van der Waals surface area contributed by atoms with E-state index in [4.69, 9.17) is 27.9 Å². The Morgan fingerprint density at radius 1 is 1.35 bits per heavy atom. The SMILES string of the molecule is CN(C)CCc1nnc(NC(=O)COc2ccc(Cl)cc2Cl)s1. The van der Waals surface area contributed by atoms with Crippen LogP contribution in [0, 0.1) is 0 Å². The van der Waals surface area contributed by atoms with Crippen molar-refractivity contribution in [1.29, 1.82) is 0 Å². The summed E-state index contributed by atoms with van der Waals surface area (Å²) < 4.78 is 5.36. The molecule has 0 aliphatic rings. The number of rotatable bonds is 7. The minimum absolute atomic E-state index is 0.173. The predicted molar refractivity (Wildman–Crippen MR) is 92.8 cm³/mol. The highest BCUT2D eigenvalue weighted by molar-refractivity contribution is 7.15. The van der Waals surface area contributed by atoms with Gasteiger partial charge in [-0.1, -0.05) is 34.5 Å². The molecule has 6 nitrogen and oxygen atoms in total. The Labute approximate surface area is 148 Å². The lowest BCUT2D eigenvalue weighted by atomic mass is 10.3. The second-order valence-electron chi connectivity index (χ2n) is 4.97. The van der Waals surface area contributed by atoms with Gasteiger partial charge in [0.05, 0.1) is 5.02 Å². The molecule has 2 aromatic rings. The smallest absolute Gasteiger partial charge is 0.264 e. The first-order valence-electron chi connectivity index (χ1n) is 6.79. The summed E-state index contributed by atoms with van der Waals surface area (Å²) in [7, 11) is 3.98. The number of amides is 1. The van der Waals surface area contributed by atoms with Gasteiger partial charge in [-0.3, -0.25) is 10.1 Å². The lowest BCUT2D eigenvalue weighted by molar-refractivity contribution is -0.118. The van der Waals surface area contributed by atoms with E-state index in [-0.39, 0.29) is 12.5 Å². The van der Waals surface area contributed by atoms with Crippen LogP contribution in [0.5, 0.6) is 5.75 Å². The van der Waals surface area contributed by atoms with Crippen molar-refractivity contribution in [3.63, 3.8) is 0 Å². The molecule has 124 valence electrons. The van der Waals surface area contributed by atoms with Gasteiger partial charge >= 0.3 is 0 Å². The molecule has 23 heavy (non-hydrogen) atoms. The van der Waals surface area contributed by atoms with Gasteiger partial charge in [0.2, 0.25) is 5.13 Å². The third kappa shape index (κ3) is 5.95. The summed E-state index contributed by atoms with van der Waals surface area (Å²) >= 11 is 13.1. The van der Waals surface area contributed by atoms with Gasteiger partial charge in [0.1, 0.15) is 10.8 Å². The standard InChI is InChI=1S/C14H16Cl2N4O2S/c1-20(2)6-5-13-18-19-14(23-13)17-12(21)8-22-11-4-3-9(15)7-10(11)16/h3-4,7H,5-6,8H2,1-2H3,(H,17,19,21). The molecule has 0 aliphatic heterocycles. The van der Waals surface area contributed by atoms with Crippen molar-refractivity contribution in [1.82, 2.24) is 15.1 Å². The second kappa shape index (κ2) is 8.44. The van der Waals surface area contributed by atoms with Gasteiger partial charge in [-0.25, -0.2) is 0 Å². The molecule has 0 bridgehead atoms. The van der Waals surface area contributed by atoms with E-state index in [0.29, 0.717) is 20.9 Å². The molecule has 1 aromatic heterocycles. The highest BCUT2D eigenvalue weighted by Crippen LogP contribution is 2.27. The van der Waals surface area contributed by atoms with Crippen molar-refractivity contribution >= 4 is 45.6 Å². The molecule has 0 radical (unpaired) electrons. The first kappa shape index (κ1) is 17.9. The average Bonchev–Trinajstić information content (AvgIpc) is 2.91. The van der Waals surface area contributed by atoms with Crippen LogP contribution < -0.4 is 10.1 Å². The molecule has 0 fully saturated rings. The Bertz CT molecular complexity index is 679. The first-order valence-corrected chi connectivity index (χ1v) is 8.36. The highest BCUT2D eigenvalue weighted by Gasteiger charge is 2.10. The topological polar surface area (TPSA) is 67.4 Å². The van der Waals surface area contributed by atoms with Gasteiger partial charge in [0, 0.05) is 18.0 Å². The Hall–Kier alpha value is -1.41. The van der Waals surface area contributed by atoms with E-state index in [1.54, 1.807) is 18.2 Å². The van der Waals surface area contributed by atoms with E-state index in [0.717, 1.165) is 18.0 Å². The molecule has 0 aliphatic carbocycles. The summed E-state index contributed by atoms with van der Waals surface area (Å²) in [5.41, 5.74) is 0. The van der Waals surface area contributed by atoms with Crippen molar-refractivity contribution in [2.45, 2.75) is 6.42 Å². The normalized spacial score (nSPS) is 10.8. The van der Waals surface area contributed by atoms with Crippen LogP contribution in [0.4, 0.5) is 5.13 Å². The predicted octanol–water partition coefficient (Wildman–Crippen LogP) is 2.97. The number of hydrogen-bond donors (Lipinski definition) is 1. The summed E-state index contributed by atoms with van der Waals surface area (Å²) in [6.45, 7) is 0.703. The van der Waals surface area contributed by atoms with Crippen LogP contribution in [0.1, 0.15) is 5.01 Å². The first-order chi connectivity index (χ1) is 10.9. The van der Waals surface area contributed by atoms with Gasteiger partial charge in [-0.05, 0) is 32.3 Å². The summed E-state index contributed by atoms with van der Waals surface area (Å²) in [5.74, 6) is 0.0708. The Morgan fingerprint density at radius 2 is 2.13 bits per heavy atom. The number of hydrogen-bond acceptors (Lipinski definition) is 6. The van der Waals surface area contributed by atoms with E-state index in [1.165, 1.54) is 11.3 Å². The number of halogens is 2. The van der Waals surface area contributed by atoms with Crippen molar-refractivity contribution < 1.29 is 9.53 Å². The van der Waals surface area contributed by atoms with Crippen LogP contribution in [0.15, 0.2) is 18.2 Å². The van der Waals surface area contributed by atoms with Crippen molar-refractivity contribution in [3.8, 4) is 5.75 Å². The number of carbonyl (C=O) groups is 1. The van der Waals surface area contributed by atoms with Gasteiger partial charge in [-0.2, -0.15) is 0 Å². The molecular weight excluding hydrogens is 359 g/mol. The molecule has 1 heterocycles. The minimum Gasteiger partial charge on any atom is -0.482 e. The minimum atomic E-state index is -0.327. The fourth-order valence-corrected chi connectivity index (χ4v) is 2.82. The Morgan fingerprint density at radius 3 is 2.83 bits per heavy atom. The lowest BCUT2D eigenvalue weighted by Gasteiger charge is -2.07. The van der Waals surface area contributed by atoms with Gasteiger partial charge in [0.25, 0.3) is 5.91 Å². The van der Waals surface area contributed by atoms with E-state index in [1.807, 2.05) is 14.1 Å². The van der Waals surface area contributed by atoms with Gasteiger partial charge in [-0.15, -0.1) is 10.2 Å². The van der Waals surface area contributed by atoms with Crippen LogP contribution >= 0.6 is 34.5 Å². The van der Waals surface area contributed by atoms with E-state index in [9.17, 15) is 4.79 Å².